The lowest BCUT2D eigenvalue weighted by molar-refractivity contribution is 0.0279. The van der Waals surface area contributed by atoms with Gasteiger partial charge in [-0.05, 0) is 43.7 Å². The number of aromatic nitrogens is 1. The van der Waals surface area contributed by atoms with Crippen molar-refractivity contribution in [1.29, 1.82) is 0 Å². The summed E-state index contributed by atoms with van der Waals surface area (Å²) in [5.41, 5.74) is 0.877. The van der Waals surface area contributed by atoms with Gasteiger partial charge in [-0.2, -0.15) is 17.4 Å². The molecule has 0 amide bonds. The van der Waals surface area contributed by atoms with Crippen LogP contribution in [0.25, 0.3) is 0 Å². The minimum absolute atomic E-state index is 0.170. The van der Waals surface area contributed by atoms with Crippen LogP contribution in [0.1, 0.15) is 44.2 Å². The van der Waals surface area contributed by atoms with Gasteiger partial charge in [0.25, 0.3) is 10.2 Å². The molecule has 0 bridgehead atoms. The molecule has 2 fully saturated rings. The van der Waals surface area contributed by atoms with Crippen LogP contribution in [0.3, 0.4) is 0 Å². The van der Waals surface area contributed by atoms with Crippen molar-refractivity contribution in [3.05, 3.63) is 30.1 Å². The standard InChI is InChI=1S/C17H27N3O3S/c21-16-11-14(12-16)17(13-15-7-3-4-8-18-15)19-24(22,23)20-9-5-1-2-6-10-20/h3-4,7-8,14,16-17,19,21H,1-2,5-6,9-13H2. The first-order valence-corrected chi connectivity index (χ1v) is 10.3. The van der Waals surface area contributed by atoms with Gasteiger partial charge < -0.3 is 5.11 Å². The zero-order valence-electron chi connectivity index (χ0n) is 14.0. The van der Waals surface area contributed by atoms with Crippen molar-refractivity contribution in [2.45, 2.75) is 57.1 Å². The number of hydrogen-bond acceptors (Lipinski definition) is 4. The molecule has 1 saturated carbocycles. The predicted octanol–water partition coefficient (Wildman–Crippen LogP) is 1.47. The van der Waals surface area contributed by atoms with Gasteiger partial charge in [-0.3, -0.25) is 4.98 Å². The van der Waals surface area contributed by atoms with Crippen molar-refractivity contribution in [3.63, 3.8) is 0 Å². The van der Waals surface area contributed by atoms with E-state index in [9.17, 15) is 13.5 Å². The number of pyridine rings is 1. The summed E-state index contributed by atoms with van der Waals surface area (Å²) in [7, 11) is -3.49. The summed E-state index contributed by atoms with van der Waals surface area (Å²) in [6.45, 7) is 1.19. The molecule has 1 saturated heterocycles. The van der Waals surface area contributed by atoms with Crippen molar-refractivity contribution >= 4 is 10.2 Å². The smallest absolute Gasteiger partial charge is 0.279 e. The molecule has 0 radical (unpaired) electrons. The Kier molecular flexibility index (Phi) is 5.86. The molecule has 0 spiro atoms. The highest BCUT2D eigenvalue weighted by Crippen LogP contribution is 2.32. The lowest BCUT2D eigenvalue weighted by Gasteiger charge is -2.38. The molecule has 3 rings (SSSR count). The van der Waals surface area contributed by atoms with Crippen molar-refractivity contribution in [2.75, 3.05) is 13.1 Å². The van der Waals surface area contributed by atoms with E-state index in [4.69, 9.17) is 0 Å². The number of hydrogen-bond donors (Lipinski definition) is 2. The quantitative estimate of drug-likeness (QED) is 0.811. The molecule has 2 heterocycles. The summed E-state index contributed by atoms with van der Waals surface area (Å²) >= 11 is 0. The van der Waals surface area contributed by atoms with Crippen LogP contribution in [0.5, 0.6) is 0 Å². The monoisotopic (exact) mass is 353 g/mol. The van der Waals surface area contributed by atoms with Gasteiger partial charge in [0.2, 0.25) is 0 Å². The Morgan fingerprint density at radius 2 is 1.92 bits per heavy atom. The predicted molar refractivity (Wildman–Crippen MR) is 92.6 cm³/mol. The van der Waals surface area contributed by atoms with Crippen molar-refractivity contribution in [1.82, 2.24) is 14.0 Å². The van der Waals surface area contributed by atoms with Crippen LogP contribution in [0.4, 0.5) is 0 Å². The highest BCUT2D eigenvalue weighted by Gasteiger charge is 2.37. The fraction of sp³-hybridized carbons (Fsp3) is 0.706. The lowest BCUT2D eigenvalue weighted by atomic mass is 9.76. The first kappa shape index (κ1) is 17.8. The number of nitrogens with one attached hydrogen (secondary N) is 1. The molecule has 1 unspecified atom stereocenters. The van der Waals surface area contributed by atoms with Crippen LogP contribution in [0.2, 0.25) is 0 Å². The SMILES string of the molecule is O=S(=O)(NC(Cc1ccccn1)C1CC(O)C1)N1CCCCCC1. The van der Waals surface area contributed by atoms with Gasteiger partial charge in [-0.25, -0.2) is 0 Å². The van der Waals surface area contributed by atoms with Crippen molar-refractivity contribution < 1.29 is 13.5 Å². The van der Waals surface area contributed by atoms with Gasteiger partial charge in [0.1, 0.15) is 0 Å². The number of nitrogens with zero attached hydrogens (tertiary/aromatic N) is 2. The van der Waals surface area contributed by atoms with Gasteiger partial charge in [0, 0.05) is 37.4 Å². The molecule has 134 valence electrons. The summed E-state index contributed by atoms with van der Waals surface area (Å²) in [6, 6.07) is 5.48. The summed E-state index contributed by atoms with van der Waals surface area (Å²) in [4.78, 5) is 4.32. The summed E-state index contributed by atoms with van der Waals surface area (Å²) < 4.78 is 30.1. The third-order valence-electron chi connectivity index (χ3n) is 5.08. The maximum absolute atomic E-state index is 12.8. The van der Waals surface area contributed by atoms with Crippen molar-refractivity contribution in [2.24, 2.45) is 5.92 Å². The first-order valence-electron chi connectivity index (χ1n) is 8.90. The Hall–Kier alpha value is -1.02. The lowest BCUT2D eigenvalue weighted by Crippen LogP contribution is -2.52. The summed E-state index contributed by atoms with van der Waals surface area (Å²) in [5, 5.41) is 9.61. The van der Waals surface area contributed by atoms with Gasteiger partial charge in [0.05, 0.1) is 6.10 Å². The van der Waals surface area contributed by atoms with E-state index in [0.29, 0.717) is 32.4 Å². The van der Waals surface area contributed by atoms with Gasteiger partial charge in [0.15, 0.2) is 0 Å². The molecule has 7 heteroatoms. The van der Waals surface area contributed by atoms with Gasteiger partial charge >= 0.3 is 0 Å². The van der Waals surface area contributed by atoms with Crippen LogP contribution in [0.15, 0.2) is 24.4 Å². The van der Waals surface area contributed by atoms with E-state index in [0.717, 1.165) is 31.4 Å². The summed E-state index contributed by atoms with van der Waals surface area (Å²) in [5.74, 6) is 0.170. The first-order chi connectivity index (χ1) is 11.5. The maximum atomic E-state index is 12.8. The largest absolute Gasteiger partial charge is 0.393 e. The molecule has 1 aliphatic heterocycles. The molecule has 1 aromatic rings. The normalized spacial score (nSPS) is 27.2. The Balaban J connectivity index is 1.70. The van der Waals surface area contributed by atoms with Crippen LogP contribution in [-0.2, 0) is 16.6 Å². The Labute approximate surface area is 144 Å². The topological polar surface area (TPSA) is 82.5 Å². The molecule has 24 heavy (non-hydrogen) atoms. The van der Waals surface area contributed by atoms with Crippen LogP contribution in [-0.4, -0.2) is 48.0 Å². The average molecular weight is 353 g/mol. The fourth-order valence-electron chi connectivity index (χ4n) is 3.56. The maximum Gasteiger partial charge on any atom is 0.279 e. The second-order valence-electron chi connectivity index (χ2n) is 6.95. The zero-order chi connectivity index (χ0) is 17.0. The van der Waals surface area contributed by atoms with E-state index >= 15 is 0 Å². The molecule has 2 N–H and O–H groups in total. The molecule has 0 aromatic carbocycles. The number of aliphatic hydroxyl groups excluding tert-OH is 1. The molecular weight excluding hydrogens is 326 g/mol. The van der Waals surface area contributed by atoms with E-state index in [2.05, 4.69) is 9.71 Å². The fourth-order valence-corrected chi connectivity index (χ4v) is 5.10. The number of aliphatic hydroxyl groups is 1. The van der Waals surface area contributed by atoms with E-state index < -0.39 is 10.2 Å². The molecule has 1 atom stereocenters. The molecule has 1 aliphatic carbocycles. The molecular formula is C17H27N3O3S. The molecule has 1 aromatic heterocycles. The van der Waals surface area contributed by atoms with Gasteiger partial charge in [-0.15, -0.1) is 0 Å². The van der Waals surface area contributed by atoms with Crippen LogP contribution >= 0.6 is 0 Å². The average Bonchev–Trinajstić information content (AvgIpc) is 2.82. The Bertz CT molecular complexity index is 609. The number of rotatable bonds is 6. The van der Waals surface area contributed by atoms with Crippen LogP contribution in [0, 0.1) is 5.92 Å². The zero-order valence-corrected chi connectivity index (χ0v) is 14.8. The highest BCUT2D eigenvalue weighted by atomic mass is 32.2. The summed E-state index contributed by atoms with van der Waals surface area (Å²) in [6.07, 6.45) is 7.33. The minimum Gasteiger partial charge on any atom is -0.393 e. The van der Waals surface area contributed by atoms with E-state index in [1.807, 2.05) is 18.2 Å². The van der Waals surface area contributed by atoms with E-state index in [-0.39, 0.29) is 18.1 Å². The Morgan fingerprint density at radius 3 is 2.50 bits per heavy atom. The third kappa shape index (κ3) is 4.53. The molecule has 6 nitrogen and oxygen atoms in total. The van der Waals surface area contributed by atoms with Crippen LogP contribution < -0.4 is 4.72 Å². The Morgan fingerprint density at radius 1 is 1.21 bits per heavy atom. The van der Waals surface area contributed by atoms with E-state index in [1.54, 1.807) is 10.5 Å². The van der Waals surface area contributed by atoms with Gasteiger partial charge in [-0.1, -0.05) is 18.9 Å². The van der Waals surface area contributed by atoms with Crippen molar-refractivity contribution in [3.8, 4) is 0 Å². The molecule has 2 aliphatic rings. The second-order valence-corrected chi connectivity index (χ2v) is 8.66. The van der Waals surface area contributed by atoms with E-state index in [1.165, 1.54) is 0 Å². The minimum atomic E-state index is -3.49. The second kappa shape index (κ2) is 7.91. The highest BCUT2D eigenvalue weighted by molar-refractivity contribution is 7.87. The third-order valence-corrected chi connectivity index (χ3v) is 6.72.